The maximum atomic E-state index is 12.6. The van der Waals surface area contributed by atoms with Crippen LogP contribution < -0.4 is 0 Å². The molecule has 23 heavy (non-hydrogen) atoms. The van der Waals surface area contributed by atoms with Crippen LogP contribution in [-0.2, 0) is 4.79 Å². The molecule has 2 aromatic rings. The number of hydrogen-bond acceptors (Lipinski definition) is 2. The molecule has 0 aromatic heterocycles. The van der Waals surface area contributed by atoms with E-state index in [1.54, 1.807) is 4.90 Å². The van der Waals surface area contributed by atoms with E-state index in [2.05, 4.69) is 0 Å². The number of carboxylic acids is 1. The van der Waals surface area contributed by atoms with Gasteiger partial charge in [0.1, 0.15) is 0 Å². The minimum atomic E-state index is -0.853. The molecule has 2 aromatic carbocycles. The minimum Gasteiger partial charge on any atom is -0.481 e. The Balaban J connectivity index is 1.76. The van der Waals surface area contributed by atoms with E-state index in [1.807, 2.05) is 54.6 Å². The lowest BCUT2D eigenvalue weighted by Gasteiger charge is -2.23. The molecule has 0 spiro atoms. The Bertz CT molecular complexity index is 694. The lowest BCUT2D eigenvalue weighted by Crippen LogP contribution is -2.36. The van der Waals surface area contributed by atoms with Crippen molar-refractivity contribution in [1.82, 2.24) is 4.90 Å². The summed E-state index contributed by atoms with van der Waals surface area (Å²) in [5.74, 6) is -0.928. The number of carboxylic acid groups (broad SMARTS) is 1. The summed E-state index contributed by atoms with van der Waals surface area (Å²) in [6.07, 6.45) is 1.65. The van der Waals surface area contributed by atoms with Crippen molar-refractivity contribution in [3.8, 4) is 11.1 Å². The third-order valence-corrected chi connectivity index (χ3v) is 4.29. The van der Waals surface area contributed by atoms with E-state index in [0.29, 0.717) is 12.1 Å². The van der Waals surface area contributed by atoms with Crippen LogP contribution in [0.3, 0.4) is 0 Å². The molecule has 4 heteroatoms. The maximum Gasteiger partial charge on any atom is 0.305 e. The first-order valence-electron chi connectivity index (χ1n) is 7.83. The van der Waals surface area contributed by atoms with Gasteiger partial charge in [0.2, 0.25) is 0 Å². The first-order chi connectivity index (χ1) is 11.1. The summed E-state index contributed by atoms with van der Waals surface area (Å²) in [6, 6.07) is 17.3. The van der Waals surface area contributed by atoms with Crippen molar-refractivity contribution in [1.29, 1.82) is 0 Å². The molecule has 1 heterocycles. The fraction of sp³-hybridized carbons (Fsp3) is 0.263. The SMILES string of the molecule is O=C(O)CC1CCCN1C(=O)c1ccc(-c2ccccc2)cc1. The van der Waals surface area contributed by atoms with Crippen LogP contribution in [0.2, 0.25) is 0 Å². The molecule has 1 atom stereocenters. The molecule has 1 aliphatic rings. The van der Waals surface area contributed by atoms with Crippen molar-refractivity contribution in [2.24, 2.45) is 0 Å². The van der Waals surface area contributed by atoms with Gasteiger partial charge in [-0.3, -0.25) is 9.59 Å². The molecule has 1 fully saturated rings. The molecule has 118 valence electrons. The third-order valence-electron chi connectivity index (χ3n) is 4.29. The normalized spacial score (nSPS) is 17.2. The monoisotopic (exact) mass is 309 g/mol. The van der Waals surface area contributed by atoms with Crippen molar-refractivity contribution >= 4 is 11.9 Å². The smallest absolute Gasteiger partial charge is 0.305 e. The first-order valence-corrected chi connectivity index (χ1v) is 7.83. The minimum absolute atomic E-state index is 0.0217. The van der Waals surface area contributed by atoms with Crippen LogP contribution in [0.5, 0.6) is 0 Å². The molecular weight excluding hydrogens is 290 g/mol. The molecule has 1 amide bonds. The third kappa shape index (κ3) is 3.42. The van der Waals surface area contributed by atoms with E-state index >= 15 is 0 Å². The second-order valence-electron chi connectivity index (χ2n) is 5.84. The summed E-state index contributed by atoms with van der Waals surface area (Å²) in [5, 5.41) is 8.97. The van der Waals surface area contributed by atoms with Crippen LogP contribution in [0.1, 0.15) is 29.6 Å². The van der Waals surface area contributed by atoms with E-state index in [9.17, 15) is 9.59 Å². The Hall–Kier alpha value is -2.62. The highest BCUT2D eigenvalue weighted by molar-refractivity contribution is 5.95. The molecule has 0 bridgehead atoms. The van der Waals surface area contributed by atoms with Crippen molar-refractivity contribution in [2.75, 3.05) is 6.54 Å². The Morgan fingerprint density at radius 2 is 1.65 bits per heavy atom. The summed E-state index contributed by atoms with van der Waals surface area (Å²) in [4.78, 5) is 25.2. The predicted molar refractivity (Wildman–Crippen MR) is 88.2 cm³/mol. The molecule has 0 radical (unpaired) electrons. The maximum absolute atomic E-state index is 12.6. The van der Waals surface area contributed by atoms with Gasteiger partial charge >= 0.3 is 5.97 Å². The first kappa shape index (κ1) is 15.3. The van der Waals surface area contributed by atoms with Gasteiger partial charge in [-0.05, 0) is 36.1 Å². The molecule has 4 nitrogen and oxygen atoms in total. The highest BCUT2D eigenvalue weighted by Crippen LogP contribution is 2.24. The van der Waals surface area contributed by atoms with E-state index in [1.165, 1.54) is 0 Å². The van der Waals surface area contributed by atoms with Gasteiger partial charge in [0, 0.05) is 18.2 Å². The second kappa shape index (κ2) is 6.65. The number of amides is 1. The topological polar surface area (TPSA) is 57.6 Å². The van der Waals surface area contributed by atoms with Gasteiger partial charge in [-0.25, -0.2) is 0 Å². The Kier molecular flexibility index (Phi) is 4.42. The van der Waals surface area contributed by atoms with E-state index in [0.717, 1.165) is 24.0 Å². The lowest BCUT2D eigenvalue weighted by atomic mass is 10.0. The second-order valence-corrected chi connectivity index (χ2v) is 5.84. The number of aliphatic carboxylic acids is 1. The largest absolute Gasteiger partial charge is 0.481 e. The number of rotatable bonds is 4. The molecule has 1 unspecified atom stereocenters. The van der Waals surface area contributed by atoms with Gasteiger partial charge in [-0.15, -0.1) is 0 Å². The number of benzene rings is 2. The van der Waals surface area contributed by atoms with Gasteiger partial charge in [0.15, 0.2) is 0 Å². The van der Waals surface area contributed by atoms with Gasteiger partial charge in [0.25, 0.3) is 5.91 Å². The number of carbonyl (C=O) groups excluding carboxylic acids is 1. The molecule has 3 rings (SSSR count). The van der Waals surface area contributed by atoms with Crippen LogP contribution in [0.4, 0.5) is 0 Å². The zero-order valence-electron chi connectivity index (χ0n) is 12.8. The zero-order valence-corrected chi connectivity index (χ0v) is 12.8. The summed E-state index contributed by atoms with van der Waals surface area (Å²) in [7, 11) is 0. The predicted octanol–water partition coefficient (Wildman–Crippen LogP) is 3.43. The van der Waals surface area contributed by atoms with Crippen LogP contribution in [0.25, 0.3) is 11.1 Å². The molecular formula is C19H19NO3. The number of hydrogen-bond donors (Lipinski definition) is 1. The van der Waals surface area contributed by atoms with Crippen molar-refractivity contribution in [3.63, 3.8) is 0 Å². The Morgan fingerprint density at radius 1 is 1.00 bits per heavy atom. The van der Waals surface area contributed by atoms with E-state index < -0.39 is 5.97 Å². The summed E-state index contributed by atoms with van der Waals surface area (Å²) in [6.45, 7) is 0.636. The summed E-state index contributed by atoms with van der Waals surface area (Å²) >= 11 is 0. The molecule has 1 saturated heterocycles. The van der Waals surface area contributed by atoms with Crippen molar-refractivity contribution in [3.05, 3.63) is 60.2 Å². The quantitative estimate of drug-likeness (QED) is 0.941. The van der Waals surface area contributed by atoms with E-state index in [4.69, 9.17) is 5.11 Å². The number of nitrogens with zero attached hydrogens (tertiary/aromatic N) is 1. The number of likely N-dealkylation sites (tertiary alicyclic amines) is 1. The van der Waals surface area contributed by atoms with Crippen LogP contribution >= 0.6 is 0 Å². The van der Waals surface area contributed by atoms with Gasteiger partial charge in [0.05, 0.1) is 6.42 Å². The fourth-order valence-corrected chi connectivity index (χ4v) is 3.12. The Labute approximate surface area is 135 Å². The average molecular weight is 309 g/mol. The standard InChI is InChI=1S/C19H19NO3/c21-18(22)13-17-7-4-12-20(17)19(23)16-10-8-15(9-11-16)14-5-2-1-3-6-14/h1-3,5-6,8-11,17H,4,7,12-13H2,(H,21,22). The van der Waals surface area contributed by atoms with Crippen LogP contribution in [-0.4, -0.2) is 34.5 Å². The molecule has 1 aliphatic heterocycles. The van der Waals surface area contributed by atoms with Crippen molar-refractivity contribution in [2.45, 2.75) is 25.3 Å². The molecule has 0 saturated carbocycles. The lowest BCUT2D eigenvalue weighted by molar-refractivity contribution is -0.137. The molecule has 0 aliphatic carbocycles. The average Bonchev–Trinajstić information content (AvgIpc) is 3.02. The van der Waals surface area contributed by atoms with Crippen LogP contribution in [0.15, 0.2) is 54.6 Å². The summed E-state index contributed by atoms with van der Waals surface area (Å²) in [5.41, 5.74) is 2.78. The van der Waals surface area contributed by atoms with Crippen molar-refractivity contribution < 1.29 is 14.7 Å². The van der Waals surface area contributed by atoms with Gasteiger partial charge in [-0.1, -0.05) is 42.5 Å². The Morgan fingerprint density at radius 3 is 2.30 bits per heavy atom. The molecule has 1 N–H and O–H groups in total. The van der Waals surface area contributed by atoms with Gasteiger partial charge in [-0.2, -0.15) is 0 Å². The van der Waals surface area contributed by atoms with E-state index in [-0.39, 0.29) is 18.4 Å². The zero-order chi connectivity index (χ0) is 16.2. The van der Waals surface area contributed by atoms with Gasteiger partial charge < -0.3 is 10.0 Å². The number of carbonyl (C=O) groups is 2. The fourth-order valence-electron chi connectivity index (χ4n) is 3.12. The van der Waals surface area contributed by atoms with Crippen LogP contribution in [0, 0.1) is 0 Å². The highest BCUT2D eigenvalue weighted by Gasteiger charge is 2.30. The highest BCUT2D eigenvalue weighted by atomic mass is 16.4. The summed E-state index contributed by atoms with van der Waals surface area (Å²) < 4.78 is 0.